The highest BCUT2D eigenvalue weighted by molar-refractivity contribution is 7.81. The number of aromatic nitrogens is 2. The van der Waals surface area contributed by atoms with E-state index in [2.05, 4.69) is 27.9 Å². The van der Waals surface area contributed by atoms with E-state index in [4.69, 9.17) is 0 Å². The van der Waals surface area contributed by atoms with E-state index in [-0.39, 0.29) is 11.2 Å². The molecule has 1 aromatic heterocycles. The van der Waals surface area contributed by atoms with Crippen molar-refractivity contribution in [1.82, 2.24) is 9.97 Å². The summed E-state index contributed by atoms with van der Waals surface area (Å²) in [4.78, 5) is 18.6. The molecule has 1 rings (SSSR count). The average molecular weight is 183 g/mol. The molecule has 64 valence electrons. The van der Waals surface area contributed by atoms with Crippen molar-refractivity contribution in [1.29, 1.82) is 0 Å². The van der Waals surface area contributed by atoms with E-state index < -0.39 is 0 Å². The van der Waals surface area contributed by atoms with Crippen LogP contribution in [-0.2, 0) is 4.79 Å². The van der Waals surface area contributed by atoms with Gasteiger partial charge in [-0.05, 0) is 6.92 Å². The van der Waals surface area contributed by atoms with E-state index >= 15 is 0 Å². The molecular formula is C7H9N3OS. The summed E-state index contributed by atoms with van der Waals surface area (Å²) in [7, 11) is 0. The second kappa shape index (κ2) is 4.06. The monoisotopic (exact) mass is 183 g/mol. The molecule has 0 aromatic carbocycles. The quantitative estimate of drug-likeness (QED) is 0.665. The number of hydrogen-bond acceptors (Lipinski definition) is 4. The summed E-state index contributed by atoms with van der Waals surface area (Å²) in [6, 6.07) is 0. The number of nitrogens with zero attached hydrogens (tertiary/aromatic N) is 2. The fraction of sp³-hybridized carbons (Fsp3) is 0.286. The van der Waals surface area contributed by atoms with Gasteiger partial charge in [-0.2, -0.15) is 12.6 Å². The Kier molecular flexibility index (Phi) is 3.04. The number of hydrogen-bond donors (Lipinski definition) is 2. The third-order valence-electron chi connectivity index (χ3n) is 1.21. The Morgan fingerprint density at radius 1 is 1.58 bits per heavy atom. The second-order valence-electron chi connectivity index (χ2n) is 2.29. The van der Waals surface area contributed by atoms with E-state index in [1.54, 1.807) is 6.92 Å². The smallest absolute Gasteiger partial charge is 0.237 e. The molecule has 0 radical (unpaired) electrons. The third kappa shape index (κ3) is 2.50. The van der Waals surface area contributed by atoms with Gasteiger partial charge in [0.15, 0.2) is 0 Å². The van der Waals surface area contributed by atoms with Gasteiger partial charge in [-0.3, -0.25) is 4.79 Å². The lowest BCUT2D eigenvalue weighted by Gasteiger charge is -2.04. The molecule has 0 saturated heterocycles. The van der Waals surface area contributed by atoms with Crippen molar-refractivity contribution in [2.24, 2.45) is 0 Å². The average Bonchev–Trinajstić information content (AvgIpc) is 2.06. The molecule has 1 atom stereocenters. The van der Waals surface area contributed by atoms with Crippen LogP contribution in [0.25, 0.3) is 0 Å². The Hall–Kier alpha value is -1.10. The minimum atomic E-state index is -0.329. The molecule has 5 heteroatoms. The minimum Gasteiger partial charge on any atom is -0.323 e. The van der Waals surface area contributed by atoms with Crippen molar-refractivity contribution in [3.05, 3.63) is 18.7 Å². The lowest BCUT2D eigenvalue weighted by atomic mass is 10.4. The Balaban J connectivity index is 2.59. The summed E-state index contributed by atoms with van der Waals surface area (Å²) in [5.41, 5.74) is 0.586. The highest BCUT2D eigenvalue weighted by atomic mass is 32.1. The normalized spacial score (nSPS) is 12.2. The summed E-state index contributed by atoms with van der Waals surface area (Å²) < 4.78 is 0. The fourth-order valence-electron chi connectivity index (χ4n) is 0.610. The van der Waals surface area contributed by atoms with Crippen LogP contribution in [0.4, 0.5) is 5.69 Å². The minimum absolute atomic E-state index is 0.159. The van der Waals surface area contributed by atoms with E-state index in [9.17, 15) is 4.79 Å². The van der Waals surface area contributed by atoms with Crippen molar-refractivity contribution in [3.63, 3.8) is 0 Å². The van der Waals surface area contributed by atoms with Crippen molar-refractivity contribution < 1.29 is 4.79 Å². The summed E-state index contributed by atoms with van der Waals surface area (Å²) >= 11 is 3.97. The van der Waals surface area contributed by atoms with Gasteiger partial charge in [0.2, 0.25) is 5.91 Å². The van der Waals surface area contributed by atoms with Crippen molar-refractivity contribution in [2.45, 2.75) is 12.2 Å². The maximum Gasteiger partial charge on any atom is 0.237 e. The van der Waals surface area contributed by atoms with Crippen LogP contribution in [0.3, 0.4) is 0 Å². The lowest BCUT2D eigenvalue weighted by molar-refractivity contribution is -0.115. The molecule has 0 fully saturated rings. The van der Waals surface area contributed by atoms with Crippen LogP contribution in [0.5, 0.6) is 0 Å². The zero-order valence-electron chi connectivity index (χ0n) is 6.56. The molecular weight excluding hydrogens is 174 g/mol. The number of nitrogens with one attached hydrogen (secondary N) is 1. The van der Waals surface area contributed by atoms with Gasteiger partial charge in [0.25, 0.3) is 0 Å². The first-order chi connectivity index (χ1) is 5.70. The molecule has 0 spiro atoms. The zero-order chi connectivity index (χ0) is 8.97. The van der Waals surface area contributed by atoms with Crippen molar-refractivity contribution in [3.8, 4) is 0 Å². The van der Waals surface area contributed by atoms with E-state index in [0.717, 1.165) is 0 Å². The topological polar surface area (TPSA) is 54.9 Å². The maximum atomic E-state index is 11.1. The number of thiol groups is 1. The lowest BCUT2D eigenvalue weighted by Crippen LogP contribution is -2.20. The largest absolute Gasteiger partial charge is 0.323 e. The summed E-state index contributed by atoms with van der Waals surface area (Å²) in [5.74, 6) is -0.159. The number of carbonyl (C=O) groups excluding carboxylic acids is 1. The molecule has 1 N–H and O–H groups in total. The fourth-order valence-corrected chi connectivity index (χ4v) is 0.675. The molecule has 1 heterocycles. The number of rotatable bonds is 2. The molecule has 0 bridgehead atoms. The molecule has 1 amide bonds. The number of anilines is 1. The van der Waals surface area contributed by atoms with Crippen LogP contribution in [0, 0.1) is 0 Å². The van der Waals surface area contributed by atoms with Gasteiger partial charge >= 0.3 is 0 Å². The molecule has 0 aliphatic heterocycles. The maximum absolute atomic E-state index is 11.1. The predicted molar refractivity (Wildman–Crippen MR) is 49.1 cm³/mol. The summed E-state index contributed by atoms with van der Waals surface area (Å²) in [6.07, 6.45) is 4.46. The van der Waals surface area contributed by atoms with E-state index in [0.29, 0.717) is 5.69 Å². The molecule has 12 heavy (non-hydrogen) atoms. The molecule has 1 unspecified atom stereocenters. The second-order valence-corrected chi connectivity index (χ2v) is 3.07. The van der Waals surface area contributed by atoms with Gasteiger partial charge < -0.3 is 5.32 Å². The van der Waals surface area contributed by atoms with Gasteiger partial charge in [0.1, 0.15) is 6.33 Å². The zero-order valence-corrected chi connectivity index (χ0v) is 7.45. The van der Waals surface area contributed by atoms with E-state index in [1.807, 2.05) is 0 Å². The SMILES string of the molecule is CC(S)C(=O)Nc1cncnc1. The van der Waals surface area contributed by atoms with Gasteiger partial charge in [-0.15, -0.1) is 0 Å². The van der Waals surface area contributed by atoms with Gasteiger partial charge in [0.05, 0.1) is 23.3 Å². The van der Waals surface area contributed by atoms with Crippen molar-refractivity contribution in [2.75, 3.05) is 5.32 Å². The first-order valence-electron chi connectivity index (χ1n) is 3.44. The van der Waals surface area contributed by atoms with Crippen LogP contribution in [-0.4, -0.2) is 21.1 Å². The summed E-state index contributed by atoms with van der Waals surface area (Å²) in [5, 5.41) is 2.27. The first-order valence-corrected chi connectivity index (χ1v) is 3.95. The van der Waals surface area contributed by atoms with Gasteiger partial charge in [0, 0.05) is 0 Å². The number of carbonyl (C=O) groups is 1. The van der Waals surface area contributed by atoms with Gasteiger partial charge in [-0.25, -0.2) is 9.97 Å². The highest BCUT2D eigenvalue weighted by Crippen LogP contribution is 2.03. The standard InChI is InChI=1S/C7H9N3OS/c1-5(12)7(11)10-6-2-8-4-9-3-6/h2-5,12H,1H3,(H,10,11). The van der Waals surface area contributed by atoms with Crippen LogP contribution < -0.4 is 5.32 Å². The van der Waals surface area contributed by atoms with Crippen molar-refractivity contribution >= 4 is 24.2 Å². The first kappa shape index (κ1) is 8.99. The Bertz CT molecular complexity index is 263. The Morgan fingerprint density at radius 2 is 2.17 bits per heavy atom. The molecule has 1 aromatic rings. The Morgan fingerprint density at radius 3 is 2.67 bits per heavy atom. The Labute approximate surface area is 75.8 Å². The van der Waals surface area contributed by atoms with Crippen LogP contribution in [0.1, 0.15) is 6.92 Å². The molecule has 0 aliphatic rings. The molecule has 0 aliphatic carbocycles. The highest BCUT2D eigenvalue weighted by Gasteiger charge is 2.07. The predicted octanol–water partition coefficient (Wildman–Crippen LogP) is 0.733. The van der Waals surface area contributed by atoms with E-state index in [1.165, 1.54) is 18.7 Å². The molecule has 4 nitrogen and oxygen atoms in total. The van der Waals surface area contributed by atoms with Gasteiger partial charge in [-0.1, -0.05) is 0 Å². The third-order valence-corrected chi connectivity index (χ3v) is 1.44. The number of amides is 1. The molecule has 0 saturated carbocycles. The summed E-state index contributed by atoms with van der Waals surface area (Å²) in [6.45, 7) is 1.70. The van der Waals surface area contributed by atoms with Crippen LogP contribution >= 0.6 is 12.6 Å². The van der Waals surface area contributed by atoms with Crippen LogP contribution in [0.2, 0.25) is 0 Å². The van der Waals surface area contributed by atoms with Crippen LogP contribution in [0.15, 0.2) is 18.7 Å².